The molecule has 82 valence electrons. The summed E-state index contributed by atoms with van der Waals surface area (Å²) in [5, 5.41) is 23.6. The van der Waals surface area contributed by atoms with E-state index in [1.54, 1.807) is 0 Å². The Labute approximate surface area is 83.7 Å². The van der Waals surface area contributed by atoms with Crippen molar-refractivity contribution in [2.45, 2.75) is 11.8 Å². The predicted molar refractivity (Wildman–Crippen MR) is 46.0 cm³/mol. The molecule has 0 amide bonds. The van der Waals surface area contributed by atoms with Gasteiger partial charge in [-0.25, -0.2) is 9.59 Å². The zero-order valence-corrected chi connectivity index (χ0v) is 7.51. The van der Waals surface area contributed by atoms with Crippen LogP contribution in [0, 0.1) is 5.92 Å². The molecule has 0 aliphatic carbocycles. The van der Waals surface area contributed by atoms with E-state index < -0.39 is 29.6 Å². The lowest BCUT2D eigenvalue weighted by Crippen LogP contribution is -2.62. The van der Waals surface area contributed by atoms with E-state index in [1.165, 1.54) is 0 Å². The highest BCUT2D eigenvalue weighted by atomic mass is 16.6. The molecule has 5 N–H and O–H groups in total. The monoisotopic (exact) mass is 215 g/mol. The van der Waals surface area contributed by atoms with E-state index in [1.807, 2.05) is 0 Å². The third-order valence-electron chi connectivity index (χ3n) is 2.61. The maximum absolute atomic E-state index is 10.9. The summed E-state index contributed by atoms with van der Waals surface area (Å²) in [4.78, 5) is 26.5. The quantitative estimate of drug-likeness (QED) is 0.410. The highest BCUT2D eigenvalue weighted by molar-refractivity contribution is 6.37. The van der Waals surface area contributed by atoms with Crippen molar-refractivity contribution in [1.29, 1.82) is 0 Å². The molecule has 0 spiro atoms. The fourth-order valence-corrected chi connectivity index (χ4v) is 1.84. The van der Waals surface area contributed by atoms with Crippen molar-refractivity contribution in [2.75, 3.05) is 6.54 Å². The van der Waals surface area contributed by atoms with Gasteiger partial charge in [0.1, 0.15) is 0 Å². The summed E-state index contributed by atoms with van der Waals surface area (Å²) >= 11 is 0. The lowest BCUT2D eigenvalue weighted by molar-refractivity contribution is -0.145. The Kier molecular flexibility index (Phi) is 1.91. The van der Waals surface area contributed by atoms with Crippen LogP contribution in [0.15, 0.2) is 5.16 Å². The molecule has 1 fully saturated rings. The zero-order valence-electron chi connectivity index (χ0n) is 7.51. The Balaban J connectivity index is 2.37. The van der Waals surface area contributed by atoms with E-state index in [2.05, 4.69) is 10.5 Å². The molecule has 0 aromatic heterocycles. The van der Waals surface area contributed by atoms with E-state index >= 15 is 0 Å². The number of fused-ring (bicyclic) bond motifs is 1. The average Bonchev–Trinajstić information content (AvgIpc) is 2.68. The Hall–Kier alpha value is -1.67. The standard InChI is InChI=1S/C7H9N3O5/c8-7(6(13)14)3-2(1-9-7)15-10-4(3)5(11)12/h2-3,9H,1,8H2,(H,11,12)(H,13,14)/t2-,3+,7-/m1/s1. The molecule has 2 heterocycles. The highest BCUT2D eigenvalue weighted by Gasteiger charge is 2.59. The molecular formula is C7H9N3O5. The molecule has 8 nitrogen and oxygen atoms in total. The first-order valence-corrected chi connectivity index (χ1v) is 4.21. The van der Waals surface area contributed by atoms with Crippen LogP contribution >= 0.6 is 0 Å². The van der Waals surface area contributed by atoms with Crippen LogP contribution in [-0.4, -0.2) is 46.2 Å². The van der Waals surface area contributed by atoms with Gasteiger partial charge in [-0.1, -0.05) is 5.16 Å². The third-order valence-corrected chi connectivity index (χ3v) is 2.61. The Bertz CT molecular complexity index is 368. The summed E-state index contributed by atoms with van der Waals surface area (Å²) in [5.41, 5.74) is 3.41. The number of oxime groups is 1. The molecule has 8 heteroatoms. The first kappa shape index (κ1) is 9.87. The fraction of sp³-hybridized carbons (Fsp3) is 0.571. The van der Waals surface area contributed by atoms with Crippen LogP contribution in [0.25, 0.3) is 0 Å². The van der Waals surface area contributed by atoms with Crippen molar-refractivity contribution in [3.05, 3.63) is 0 Å². The molecule has 0 aromatic rings. The maximum Gasteiger partial charge on any atom is 0.354 e. The summed E-state index contributed by atoms with van der Waals surface area (Å²) < 4.78 is 0. The lowest BCUT2D eigenvalue weighted by atomic mass is 9.88. The Morgan fingerprint density at radius 1 is 1.60 bits per heavy atom. The maximum atomic E-state index is 10.9. The van der Waals surface area contributed by atoms with Crippen LogP contribution in [0.3, 0.4) is 0 Å². The van der Waals surface area contributed by atoms with Gasteiger partial charge in [-0.15, -0.1) is 0 Å². The van der Waals surface area contributed by atoms with E-state index in [9.17, 15) is 9.59 Å². The Morgan fingerprint density at radius 2 is 2.27 bits per heavy atom. The summed E-state index contributed by atoms with van der Waals surface area (Å²) in [6.07, 6.45) is -0.628. The number of carbonyl (C=O) groups is 2. The lowest BCUT2D eigenvalue weighted by Gasteiger charge is -2.23. The van der Waals surface area contributed by atoms with E-state index in [-0.39, 0.29) is 12.3 Å². The SMILES string of the molecule is N[C@@]1(C(=O)O)NC[C@H]2ON=C(C(=O)O)[C@H]21. The van der Waals surface area contributed by atoms with E-state index in [0.717, 1.165) is 0 Å². The summed E-state index contributed by atoms with van der Waals surface area (Å²) in [5.74, 6) is -3.61. The molecule has 0 saturated carbocycles. The molecule has 0 radical (unpaired) electrons. The van der Waals surface area contributed by atoms with Crippen LogP contribution in [0.1, 0.15) is 0 Å². The summed E-state index contributed by atoms with van der Waals surface area (Å²) in [7, 11) is 0. The van der Waals surface area contributed by atoms with Crippen molar-refractivity contribution >= 4 is 17.7 Å². The number of hydrogen-bond acceptors (Lipinski definition) is 6. The van der Waals surface area contributed by atoms with Gasteiger partial charge in [-0.3, -0.25) is 5.32 Å². The number of aliphatic carboxylic acids is 2. The van der Waals surface area contributed by atoms with Crippen LogP contribution < -0.4 is 11.1 Å². The smallest absolute Gasteiger partial charge is 0.354 e. The largest absolute Gasteiger partial charge is 0.479 e. The topological polar surface area (TPSA) is 134 Å². The van der Waals surface area contributed by atoms with Gasteiger partial charge in [-0.05, 0) is 0 Å². The molecule has 1 saturated heterocycles. The molecule has 3 atom stereocenters. The first-order chi connectivity index (χ1) is 6.97. The minimum atomic E-state index is -1.82. The second-order valence-electron chi connectivity index (χ2n) is 3.46. The number of carboxylic acids is 2. The number of nitrogens with zero attached hydrogens (tertiary/aromatic N) is 1. The van der Waals surface area contributed by atoms with Crippen molar-refractivity contribution in [2.24, 2.45) is 16.8 Å². The zero-order chi connectivity index (χ0) is 11.2. The number of rotatable bonds is 2. The van der Waals surface area contributed by atoms with Crippen molar-refractivity contribution in [1.82, 2.24) is 5.32 Å². The van der Waals surface area contributed by atoms with Gasteiger partial charge in [0.05, 0.1) is 5.92 Å². The number of nitrogens with one attached hydrogen (secondary N) is 1. The van der Waals surface area contributed by atoms with Gasteiger partial charge < -0.3 is 20.8 Å². The number of hydrogen-bond donors (Lipinski definition) is 4. The third kappa shape index (κ3) is 1.18. The van der Waals surface area contributed by atoms with E-state index in [4.69, 9.17) is 20.8 Å². The first-order valence-electron chi connectivity index (χ1n) is 4.21. The van der Waals surface area contributed by atoms with Crippen molar-refractivity contribution in [3.63, 3.8) is 0 Å². The second-order valence-corrected chi connectivity index (χ2v) is 3.46. The molecule has 2 rings (SSSR count). The normalized spacial score (nSPS) is 38.1. The summed E-state index contributed by atoms with van der Waals surface area (Å²) in [6.45, 7) is 0.160. The van der Waals surface area contributed by atoms with Crippen LogP contribution in [0.2, 0.25) is 0 Å². The van der Waals surface area contributed by atoms with Gasteiger partial charge in [-0.2, -0.15) is 0 Å². The van der Waals surface area contributed by atoms with Gasteiger partial charge >= 0.3 is 11.9 Å². The number of carboxylic acid groups (broad SMARTS) is 2. The molecule has 0 unspecified atom stereocenters. The van der Waals surface area contributed by atoms with Gasteiger partial charge in [0.2, 0.25) is 0 Å². The van der Waals surface area contributed by atoms with E-state index in [0.29, 0.717) is 0 Å². The Morgan fingerprint density at radius 3 is 2.80 bits per heavy atom. The van der Waals surface area contributed by atoms with Gasteiger partial charge in [0.15, 0.2) is 17.5 Å². The molecule has 0 aromatic carbocycles. The second kappa shape index (κ2) is 2.91. The highest BCUT2D eigenvalue weighted by Crippen LogP contribution is 2.31. The minimum Gasteiger partial charge on any atom is -0.479 e. The van der Waals surface area contributed by atoms with Crippen LogP contribution in [-0.2, 0) is 14.4 Å². The molecule has 0 bridgehead atoms. The van der Waals surface area contributed by atoms with Crippen molar-refractivity contribution in [3.8, 4) is 0 Å². The fourth-order valence-electron chi connectivity index (χ4n) is 1.84. The number of nitrogens with two attached hydrogens (primary N) is 1. The summed E-state index contributed by atoms with van der Waals surface area (Å²) in [6, 6.07) is 0. The van der Waals surface area contributed by atoms with Crippen molar-refractivity contribution < 1.29 is 24.6 Å². The molecule has 15 heavy (non-hydrogen) atoms. The molecular weight excluding hydrogens is 206 g/mol. The predicted octanol–water partition coefficient (Wildman–Crippen LogP) is -2.22. The van der Waals surface area contributed by atoms with Gasteiger partial charge in [0, 0.05) is 6.54 Å². The van der Waals surface area contributed by atoms with Crippen LogP contribution in [0.5, 0.6) is 0 Å². The average molecular weight is 215 g/mol. The van der Waals surface area contributed by atoms with Gasteiger partial charge in [0.25, 0.3) is 0 Å². The minimum absolute atomic E-state index is 0.160. The molecule has 2 aliphatic rings. The molecule has 2 aliphatic heterocycles. The van der Waals surface area contributed by atoms with Crippen LogP contribution in [0.4, 0.5) is 0 Å².